The van der Waals surface area contributed by atoms with Gasteiger partial charge in [0.15, 0.2) is 14.5 Å². The summed E-state index contributed by atoms with van der Waals surface area (Å²) >= 11 is 0. The Bertz CT molecular complexity index is 1650. The van der Waals surface area contributed by atoms with Gasteiger partial charge in [-0.1, -0.05) is 139 Å². The Morgan fingerprint density at radius 2 is 0.500 bits per heavy atom. The lowest BCUT2D eigenvalue weighted by molar-refractivity contribution is -0.001000. The van der Waals surface area contributed by atoms with Crippen LogP contribution in [-0.2, 0) is 0 Å². The molecule has 7 aromatic rings. The molecule has 0 N–H and O–H groups in total. The van der Waals surface area contributed by atoms with E-state index in [4.69, 9.17) is 0 Å². The highest BCUT2D eigenvalue weighted by Crippen LogP contribution is 2.84. The van der Waals surface area contributed by atoms with E-state index >= 15 is 0 Å². The van der Waals surface area contributed by atoms with Crippen LogP contribution >= 0.6 is 14.5 Å². The zero-order chi connectivity index (χ0) is 31.2. The van der Waals surface area contributed by atoms with Crippen molar-refractivity contribution < 1.29 is 24.8 Å². The first kappa shape index (κ1) is 35.3. The lowest BCUT2D eigenvalue weighted by atomic mass is 10.2. The summed E-state index contributed by atoms with van der Waals surface area (Å²) in [5, 5.41) is 8.46. The van der Waals surface area contributed by atoms with Gasteiger partial charge in [-0.05, 0) is 79.7 Å². The number of hydrogen-bond donors (Lipinski definition) is 0. The Kier molecular flexibility index (Phi) is 11.7. The Morgan fingerprint density at radius 1 is 0.292 bits per heavy atom. The van der Waals surface area contributed by atoms with Crippen molar-refractivity contribution >= 4 is 46.4 Å². The Morgan fingerprint density at radius 3 is 0.708 bits per heavy atom. The number of halogens is 2. The molecule has 0 spiro atoms. The van der Waals surface area contributed by atoms with Crippen LogP contribution in [0.4, 0.5) is 0 Å². The summed E-state index contributed by atoms with van der Waals surface area (Å²) < 4.78 is 0. The van der Waals surface area contributed by atoms with Gasteiger partial charge in [0, 0.05) is 5.56 Å². The number of hydrogen-bond acceptors (Lipinski definition) is 0. The fourth-order valence-electron chi connectivity index (χ4n) is 7.17. The molecule has 0 saturated heterocycles. The van der Waals surface area contributed by atoms with Gasteiger partial charge in [-0.25, -0.2) is 0 Å². The second-order valence-electron chi connectivity index (χ2n) is 11.7. The molecule has 0 radical (unpaired) electrons. The summed E-state index contributed by atoms with van der Waals surface area (Å²) in [6, 6.07) is 77.9. The number of rotatable bonds is 9. The molecule has 0 atom stereocenters. The first-order chi connectivity index (χ1) is 22.8. The van der Waals surface area contributed by atoms with E-state index < -0.39 is 14.5 Å². The number of aryl methyl sites for hydroxylation is 1. The molecular formula is C44H38Cl2P2. The third-order valence-electron chi connectivity index (χ3n) is 9.09. The maximum absolute atomic E-state index is 2.47. The lowest BCUT2D eigenvalue weighted by Gasteiger charge is -2.41. The lowest BCUT2D eigenvalue weighted by Crippen LogP contribution is -3.00. The van der Waals surface area contributed by atoms with E-state index in [9.17, 15) is 0 Å². The van der Waals surface area contributed by atoms with Crippen LogP contribution in [0.15, 0.2) is 206 Å². The fourth-order valence-corrected chi connectivity index (χ4v) is 20.2. The van der Waals surface area contributed by atoms with E-state index in [1.54, 1.807) is 0 Å². The molecule has 0 nitrogen and oxygen atoms in total. The molecule has 0 aliphatic heterocycles. The standard InChI is InChI=1S/C44H38P2.2ClH/c1-36-32-34-37(35-33-36)44(45(38-20-8-2-9-21-38,39-22-10-3-11-23-39)40-24-12-4-13-25-40)46(41-26-14-5-15-27-41,42-28-16-6-17-29-42)43-30-18-7-19-31-43;;/h2-35,44H,1H3;2*1H/q+2;;/p-2. The molecule has 48 heavy (non-hydrogen) atoms. The third-order valence-corrected chi connectivity index (χ3v) is 19.9. The molecule has 7 rings (SSSR count). The molecule has 0 aliphatic rings. The van der Waals surface area contributed by atoms with Crippen LogP contribution in [0, 0.1) is 6.92 Å². The van der Waals surface area contributed by atoms with Crippen molar-refractivity contribution in [1.82, 2.24) is 0 Å². The van der Waals surface area contributed by atoms with Gasteiger partial charge < -0.3 is 24.8 Å². The quantitative estimate of drug-likeness (QED) is 0.204. The van der Waals surface area contributed by atoms with Gasteiger partial charge in [0.2, 0.25) is 5.40 Å². The normalized spacial score (nSPS) is 11.3. The van der Waals surface area contributed by atoms with Crippen molar-refractivity contribution in [3.63, 3.8) is 0 Å². The molecule has 0 unspecified atom stereocenters. The predicted octanol–water partition coefficient (Wildman–Crippen LogP) is 2.99. The first-order valence-electron chi connectivity index (χ1n) is 15.9. The van der Waals surface area contributed by atoms with Gasteiger partial charge in [-0.3, -0.25) is 0 Å². The van der Waals surface area contributed by atoms with Crippen LogP contribution in [0.3, 0.4) is 0 Å². The average Bonchev–Trinajstić information content (AvgIpc) is 3.15. The van der Waals surface area contributed by atoms with Crippen LogP contribution in [0.25, 0.3) is 0 Å². The maximum Gasteiger partial charge on any atom is 0.221 e. The molecule has 0 aromatic heterocycles. The largest absolute Gasteiger partial charge is 1.00 e. The van der Waals surface area contributed by atoms with E-state index in [0.717, 1.165) is 0 Å². The van der Waals surface area contributed by atoms with Crippen molar-refractivity contribution in [3.05, 3.63) is 217 Å². The van der Waals surface area contributed by atoms with Gasteiger partial charge in [0.25, 0.3) is 0 Å². The molecule has 238 valence electrons. The molecule has 4 heteroatoms. The molecule has 0 bridgehead atoms. The fraction of sp³-hybridized carbons (Fsp3) is 0.0455. The van der Waals surface area contributed by atoms with Gasteiger partial charge in [0.05, 0.1) is 0 Å². The minimum absolute atomic E-state index is 0. The van der Waals surface area contributed by atoms with E-state index in [1.165, 1.54) is 43.0 Å². The third kappa shape index (κ3) is 6.28. The molecule has 7 aromatic carbocycles. The summed E-state index contributed by atoms with van der Waals surface area (Å²) in [5.74, 6) is 0. The summed E-state index contributed by atoms with van der Waals surface area (Å²) in [4.78, 5) is 0. The molecule has 0 heterocycles. The molecule has 0 amide bonds. The monoisotopic (exact) mass is 698 g/mol. The van der Waals surface area contributed by atoms with Gasteiger partial charge in [-0.2, -0.15) is 0 Å². The van der Waals surface area contributed by atoms with Gasteiger partial charge in [-0.15, -0.1) is 0 Å². The van der Waals surface area contributed by atoms with Crippen molar-refractivity contribution in [2.75, 3.05) is 0 Å². The van der Waals surface area contributed by atoms with E-state index in [0.29, 0.717) is 0 Å². The summed E-state index contributed by atoms with van der Waals surface area (Å²) in [6.45, 7) is 2.20. The maximum atomic E-state index is 2.42. The van der Waals surface area contributed by atoms with Gasteiger partial charge in [0.1, 0.15) is 31.8 Å². The Balaban J connectivity index is 0.00000225. The Labute approximate surface area is 299 Å². The highest BCUT2D eigenvalue weighted by molar-refractivity contribution is 8.10. The van der Waals surface area contributed by atoms with Crippen molar-refractivity contribution in [1.29, 1.82) is 0 Å². The first-order valence-corrected chi connectivity index (χ1v) is 19.6. The summed E-state index contributed by atoms with van der Waals surface area (Å²) in [6.07, 6.45) is 0. The zero-order valence-corrected chi connectivity index (χ0v) is 30.2. The van der Waals surface area contributed by atoms with Crippen molar-refractivity contribution in [2.45, 2.75) is 12.3 Å². The molecule has 0 saturated carbocycles. The van der Waals surface area contributed by atoms with Crippen LogP contribution in [0.1, 0.15) is 16.5 Å². The van der Waals surface area contributed by atoms with Crippen LogP contribution < -0.4 is 56.6 Å². The molecule has 0 aliphatic carbocycles. The van der Waals surface area contributed by atoms with Gasteiger partial charge >= 0.3 is 0 Å². The minimum atomic E-state index is -2.47. The van der Waals surface area contributed by atoms with Crippen molar-refractivity contribution in [2.24, 2.45) is 0 Å². The highest BCUT2D eigenvalue weighted by Gasteiger charge is 2.69. The second kappa shape index (κ2) is 15.9. The second-order valence-corrected chi connectivity index (χ2v) is 19.2. The average molecular weight is 700 g/mol. The molecular weight excluding hydrogens is 661 g/mol. The van der Waals surface area contributed by atoms with Crippen LogP contribution in [0.2, 0.25) is 0 Å². The summed E-state index contributed by atoms with van der Waals surface area (Å²) in [5.41, 5.74) is 2.65. The number of benzene rings is 7. The zero-order valence-electron chi connectivity index (χ0n) is 26.9. The predicted molar refractivity (Wildman–Crippen MR) is 204 cm³/mol. The minimum Gasteiger partial charge on any atom is -1.00 e. The topological polar surface area (TPSA) is 0 Å². The van der Waals surface area contributed by atoms with E-state index in [1.807, 2.05) is 0 Å². The van der Waals surface area contributed by atoms with Crippen LogP contribution in [0.5, 0.6) is 0 Å². The smallest absolute Gasteiger partial charge is 0.221 e. The summed E-state index contributed by atoms with van der Waals surface area (Å²) in [7, 11) is -4.94. The van der Waals surface area contributed by atoms with E-state index in [2.05, 4.69) is 213 Å². The highest BCUT2D eigenvalue weighted by atomic mass is 35.5. The van der Waals surface area contributed by atoms with Crippen molar-refractivity contribution in [3.8, 4) is 0 Å². The SMILES string of the molecule is Cc1ccc(C([P+](c2ccccc2)(c2ccccc2)c2ccccc2)[P+](c2ccccc2)(c2ccccc2)c2ccccc2)cc1.[Cl-].[Cl-]. The van der Waals surface area contributed by atoms with Crippen LogP contribution in [-0.4, -0.2) is 0 Å². The Hall–Kier alpha value is -4.02. The van der Waals surface area contributed by atoms with E-state index in [-0.39, 0.29) is 30.2 Å². The molecule has 0 fully saturated rings.